The Bertz CT molecular complexity index is 1440. The molecule has 1 unspecified atom stereocenters. The first kappa shape index (κ1) is 22.3. The molecule has 2 N–H and O–H groups in total. The van der Waals surface area contributed by atoms with Crippen LogP contribution in [-0.2, 0) is 21.7 Å². The summed E-state index contributed by atoms with van der Waals surface area (Å²) in [5.41, 5.74) is 0.0704. The lowest BCUT2D eigenvalue weighted by Gasteiger charge is -2.22. The van der Waals surface area contributed by atoms with Crippen molar-refractivity contribution in [3.8, 4) is 0 Å². The van der Waals surface area contributed by atoms with Crippen LogP contribution < -0.4 is 10.6 Å². The Morgan fingerprint density at radius 3 is 2.57 bits per heavy atom. The van der Waals surface area contributed by atoms with Gasteiger partial charge in [0.15, 0.2) is 0 Å². The largest absolute Gasteiger partial charge is 0.325 e. The summed E-state index contributed by atoms with van der Waals surface area (Å²) in [5.74, 6) is -1.15. The first-order valence-electron chi connectivity index (χ1n) is 11.0. The number of carbonyl (C=O) groups excluding carboxylic acids is 3. The van der Waals surface area contributed by atoms with Crippen LogP contribution in [0.3, 0.4) is 0 Å². The van der Waals surface area contributed by atoms with Crippen molar-refractivity contribution in [1.29, 1.82) is 0 Å². The van der Waals surface area contributed by atoms with Crippen LogP contribution in [0.2, 0.25) is 0 Å². The highest BCUT2D eigenvalue weighted by molar-refractivity contribution is 6.10. The summed E-state index contributed by atoms with van der Waals surface area (Å²) in [6.07, 6.45) is 1.57. The Balaban J connectivity index is 1.30. The zero-order chi connectivity index (χ0) is 24.6. The molecule has 0 spiro atoms. The number of carbonyl (C=O) groups is 3. The second-order valence-electron chi connectivity index (χ2n) is 8.51. The molecule has 35 heavy (non-hydrogen) atoms. The maximum Gasteiger partial charge on any atom is 0.325 e. The number of rotatable bonds is 6. The molecular formula is C26H22FN5O3. The van der Waals surface area contributed by atoms with Gasteiger partial charge in [-0.3, -0.25) is 14.5 Å². The molecule has 0 saturated carbocycles. The molecule has 176 valence electrons. The molecule has 0 aliphatic carbocycles. The molecule has 5 rings (SSSR count). The number of benzene rings is 3. The minimum atomic E-state index is -1.39. The van der Waals surface area contributed by atoms with E-state index in [0.717, 1.165) is 21.2 Å². The van der Waals surface area contributed by atoms with E-state index in [1.165, 1.54) is 31.2 Å². The van der Waals surface area contributed by atoms with Gasteiger partial charge in [-0.1, -0.05) is 54.6 Å². The van der Waals surface area contributed by atoms with Crippen molar-refractivity contribution in [2.45, 2.75) is 19.0 Å². The summed E-state index contributed by atoms with van der Waals surface area (Å²) in [5, 5.41) is 11.9. The number of fused-ring (bicyclic) bond motifs is 1. The van der Waals surface area contributed by atoms with Gasteiger partial charge in [-0.05, 0) is 41.0 Å². The normalized spacial score (nSPS) is 17.6. The number of aromatic nitrogens is 2. The molecule has 4 aromatic rings. The minimum Gasteiger partial charge on any atom is -0.319 e. The van der Waals surface area contributed by atoms with Gasteiger partial charge in [0.2, 0.25) is 5.91 Å². The molecule has 8 nitrogen and oxygen atoms in total. The number of nitrogens with one attached hydrogen (secondary N) is 2. The van der Waals surface area contributed by atoms with Gasteiger partial charge in [-0.2, -0.15) is 5.10 Å². The SMILES string of the molecule is CC1(c2ccc(F)cc2)NC(=O)N(CC(=O)Nc2ccnn2Cc2cccc3ccccc23)C1=O. The van der Waals surface area contributed by atoms with Crippen LogP contribution in [-0.4, -0.2) is 39.1 Å². The van der Waals surface area contributed by atoms with Crippen LogP contribution >= 0.6 is 0 Å². The summed E-state index contributed by atoms with van der Waals surface area (Å²) in [4.78, 5) is 39.2. The number of anilines is 1. The number of hydrogen-bond donors (Lipinski definition) is 2. The molecule has 1 aliphatic heterocycles. The predicted molar refractivity (Wildman–Crippen MR) is 128 cm³/mol. The third-order valence-corrected chi connectivity index (χ3v) is 6.18. The number of nitrogens with zero attached hydrogens (tertiary/aromatic N) is 3. The van der Waals surface area contributed by atoms with E-state index in [1.54, 1.807) is 16.9 Å². The molecular weight excluding hydrogens is 449 g/mol. The number of amides is 4. The van der Waals surface area contributed by atoms with Crippen molar-refractivity contribution in [3.05, 3.63) is 95.9 Å². The lowest BCUT2D eigenvalue weighted by Crippen LogP contribution is -2.42. The van der Waals surface area contributed by atoms with Crippen LogP contribution in [0.15, 0.2) is 79.0 Å². The Kier molecular flexibility index (Phi) is 5.52. The maximum absolute atomic E-state index is 13.3. The van der Waals surface area contributed by atoms with E-state index in [-0.39, 0.29) is 0 Å². The fourth-order valence-electron chi connectivity index (χ4n) is 4.30. The first-order valence-corrected chi connectivity index (χ1v) is 11.0. The van der Waals surface area contributed by atoms with Gasteiger partial charge >= 0.3 is 6.03 Å². The standard InChI is InChI=1S/C26H22FN5O3/c1-26(19-9-11-20(27)12-10-19)24(34)31(25(35)30-26)16-23(33)29-22-13-14-28-32(22)15-18-7-4-6-17-5-2-3-8-21(17)18/h2-14H,15-16H2,1H3,(H,29,33)(H,30,35). The van der Waals surface area contributed by atoms with Crippen molar-refractivity contribution in [3.63, 3.8) is 0 Å². The van der Waals surface area contributed by atoms with E-state index in [1.807, 2.05) is 42.5 Å². The summed E-state index contributed by atoms with van der Waals surface area (Å²) >= 11 is 0. The van der Waals surface area contributed by atoms with E-state index >= 15 is 0 Å². The molecule has 4 amide bonds. The molecule has 2 heterocycles. The molecule has 0 radical (unpaired) electrons. The van der Waals surface area contributed by atoms with Gasteiger partial charge in [0.05, 0.1) is 12.7 Å². The quantitative estimate of drug-likeness (QED) is 0.420. The van der Waals surface area contributed by atoms with Gasteiger partial charge in [0.1, 0.15) is 23.7 Å². The van der Waals surface area contributed by atoms with Crippen molar-refractivity contribution in [1.82, 2.24) is 20.0 Å². The van der Waals surface area contributed by atoms with Crippen LogP contribution in [0.4, 0.5) is 15.0 Å². The van der Waals surface area contributed by atoms with Crippen molar-refractivity contribution in [2.75, 3.05) is 11.9 Å². The zero-order valence-corrected chi connectivity index (χ0v) is 18.9. The smallest absolute Gasteiger partial charge is 0.319 e. The fourth-order valence-corrected chi connectivity index (χ4v) is 4.30. The average molecular weight is 471 g/mol. The van der Waals surface area contributed by atoms with E-state index in [4.69, 9.17) is 0 Å². The Labute approximate surface area is 200 Å². The van der Waals surface area contributed by atoms with E-state index < -0.39 is 35.7 Å². The number of halogens is 1. The van der Waals surface area contributed by atoms with Crippen LogP contribution in [0.1, 0.15) is 18.1 Å². The monoisotopic (exact) mass is 471 g/mol. The van der Waals surface area contributed by atoms with Gasteiger partial charge in [0.25, 0.3) is 5.91 Å². The van der Waals surface area contributed by atoms with Crippen LogP contribution in [0.25, 0.3) is 10.8 Å². The second-order valence-corrected chi connectivity index (χ2v) is 8.51. The van der Waals surface area contributed by atoms with Gasteiger partial charge in [-0.25, -0.2) is 13.9 Å². The number of urea groups is 1. The molecule has 9 heteroatoms. The molecule has 0 bridgehead atoms. The van der Waals surface area contributed by atoms with Crippen molar-refractivity contribution in [2.24, 2.45) is 0 Å². The van der Waals surface area contributed by atoms with Gasteiger partial charge < -0.3 is 10.6 Å². The highest BCUT2D eigenvalue weighted by atomic mass is 19.1. The number of imide groups is 1. The molecule has 1 aliphatic rings. The summed E-state index contributed by atoms with van der Waals surface area (Å²) in [6, 6.07) is 20.3. The third-order valence-electron chi connectivity index (χ3n) is 6.18. The summed E-state index contributed by atoms with van der Waals surface area (Å²) < 4.78 is 15.0. The molecule has 1 atom stereocenters. The Morgan fingerprint density at radius 2 is 1.77 bits per heavy atom. The summed E-state index contributed by atoms with van der Waals surface area (Å²) in [6.45, 7) is 1.48. The first-order chi connectivity index (χ1) is 16.8. The Hall–Kier alpha value is -4.53. The third kappa shape index (κ3) is 4.12. The van der Waals surface area contributed by atoms with Crippen molar-refractivity contribution < 1.29 is 18.8 Å². The van der Waals surface area contributed by atoms with Crippen LogP contribution in [0.5, 0.6) is 0 Å². The number of hydrogen-bond acceptors (Lipinski definition) is 4. The predicted octanol–water partition coefficient (Wildman–Crippen LogP) is 3.63. The van der Waals surface area contributed by atoms with Crippen molar-refractivity contribution >= 4 is 34.4 Å². The average Bonchev–Trinajstić information content (AvgIpc) is 3.37. The molecule has 1 aromatic heterocycles. The van der Waals surface area contributed by atoms with E-state index in [2.05, 4.69) is 15.7 Å². The molecule has 1 saturated heterocycles. The summed E-state index contributed by atoms with van der Waals surface area (Å²) in [7, 11) is 0. The second kappa shape index (κ2) is 8.68. The van der Waals surface area contributed by atoms with Gasteiger partial charge in [0, 0.05) is 6.07 Å². The highest BCUT2D eigenvalue weighted by Gasteiger charge is 2.49. The fraction of sp³-hybridized carbons (Fsp3) is 0.154. The Morgan fingerprint density at radius 1 is 1.03 bits per heavy atom. The lowest BCUT2D eigenvalue weighted by atomic mass is 9.92. The minimum absolute atomic E-state index is 0.424. The lowest BCUT2D eigenvalue weighted by molar-refractivity contribution is -0.133. The highest BCUT2D eigenvalue weighted by Crippen LogP contribution is 2.29. The maximum atomic E-state index is 13.3. The topological polar surface area (TPSA) is 96.3 Å². The molecule has 1 fully saturated rings. The molecule has 3 aromatic carbocycles. The van der Waals surface area contributed by atoms with Crippen LogP contribution in [0, 0.1) is 5.82 Å². The van der Waals surface area contributed by atoms with Gasteiger partial charge in [-0.15, -0.1) is 0 Å². The van der Waals surface area contributed by atoms with E-state index in [9.17, 15) is 18.8 Å². The zero-order valence-electron chi connectivity index (χ0n) is 18.9. The van der Waals surface area contributed by atoms with E-state index in [0.29, 0.717) is 17.9 Å².